The van der Waals surface area contributed by atoms with Crippen molar-refractivity contribution < 1.29 is 9.59 Å². The Balaban J connectivity index is 4.54. The highest BCUT2D eigenvalue weighted by atomic mass is 16.2. The van der Waals surface area contributed by atoms with Gasteiger partial charge in [-0.05, 0) is 71.4 Å². The van der Waals surface area contributed by atoms with Crippen molar-refractivity contribution in [2.45, 2.75) is 187 Å². The maximum atomic E-state index is 13.5. The van der Waals surface area contributed by atoms with Crippen molar-refractivity contribution in [1.82, 2.24) is 20.0 Å². The molecule has 5 N–H and O–H groups in total. The number of nitrogens with zero attached hydrogens (tertiary/aromatic N) is 3. The fourth-order valence-corrected chi connectivity index (χ4v) is 6.62. The molecule has 0 aliphatic heterocycles. The van der Waals surface area contributed by atoms with E-state index in [1.165, 1.54) is 133 Å². The molecule has 8 nitrogen and oxygen atoms in total. The van der Waals surface area contributed by atoms with Gasteiger partial charge in [0, 0.05) is 20.1 Å². The van der Waals surface area contributed by atoms with Crippen LogP contribution in [-0.2, 0) is 4.79 Å². The molecule has 0 spiro atoms. The molecular weight excluding hydrogens is 608 g/mol. The van der Waals surface area contributed by atoms with Crippen LogP contribution in [0.25, 0.3) is 0 Å². The maximum absolute atomic E-state index is 13.5. The largest absolute Gasteiger partial charge is 0.330 e. The Morgan fingerprint density at radius 3 is 1.18 bits per heavy atom. The molecule has 0 atom stereocenters. The molecule has 0 aromatic heterocycles. The van der Waals surface area contributed by atoms with E-state index in [2.05, 4.69) is 24.1 Å². The van der Waals surface area contributed by atoms with E-state index in [-0.39, 0.29) is 18.5 Å². The maximum Gasteiger partial charge on any atom is 0.326 e. The number of carbonyl (C=O) groups is 2. The zero-order valence-corrected chi connectivity index (χ0v) is 33.3. The number of unbranched alkanes of at least 4 members (excludes halogenated alkanes) is 22. The Hall–Kier alpha value is -1.22. The second-order valence-corrected chi connectivity index (χ2v) is 14.7. The van der Waals surface area contributed by atoms with Crippen LogP contribution in [0.15, 0.2) is 0 Å². The molecule has 0 aromatic rings. The number of likely N-dealkylation sites (N-methyl/N-ethyl adjacent to an activating group) is 1. The molecular formula is C41H86N6O2. The predicted molar refractivity (Wildman–Crippen MR) is 213 cm³/mol. The lowest BCUT2D eigenvalue weighted by Gasteiger charge is -2.27. The molecule has 3 amide bonds. The third kappa shape index (κ3) is 31.3. The quantitative estimate of drug-likeness (QED) is 0.0556. The van der Waals surface area contributed by atoms with Gasteiger partial charge in [-0.2, -0.15) is 0 Å². The number of nitrogens with one attached hydrogen (secondary N) is 1. The molecule has 0 saturated carbocycles. The standard InChI is InChI=1S/C41H86N6O2/c1-4-6-8-10-12-14-16-18-20-22-24-26-37-47(38-27-25-23-21-19-17-15-13-11-9-7-5-2)41(49)45(3)40(48)39-44-33-30-36-46(34-28-31-42)35-29-32-43/h44H,4-39,42-43H2,1-3H3. The highest BCUT2D eigenvalue weighted by Gasteiger charge is 2.22. The fraction of sp³-hybridized carbons (Fsp3) is 0.951. The number of imide groups is 1. The summed E-state index contributed by atoms with van der Waals surface area (Å²) in [6, 6.07) is -0.132. The minimum Gasteiger partial charge on any atom is -0.330 e. The molecule has 0 bridgehead atoms. The van der Waals surface area contributed by atoms with E-state index in [1.54, 1.807) is 7.05 Å². The first kappa shape index (κ1) is 47.8. The average molecular weight is 695 g/mol. The molecule has 0 unspecified atom stereocenters. The summed E-state index contributed by atoms with van der Waals surface area (Å²) in [5, 5.41) is 3.28. The number of nitrogens with two attached hydrogens (primary N) is 2. The van der Waals surface area contributed by atoms with Crippen molar-refractivity contribution >= 4 is 11.9 Å². The van der Waals surface area contributed by atoms with Crippen molar-refractivity contribution in [2.24, 2.45) is 11.5 Å². The van der Waals surface area contributed by atoms with Crippen LogP contribution < -0.4 is 16.8 Å². The van der Waals surface area contributed by atoms with Crippen LogP contribution in [0.4, 0.5) is 4.79 Å². The summed E-state index contributed by atoms with van der Waals surface area (Å²) in [7, 11) is 1.66. The van der Waals surface area contributed by atoms with Gasteiger partial charge in [-0.15, -0.1) is 0 Å². The first-order valence-corrected chi connectivity index (χ1v) is 21.4. The lowest BCUT2D eigenvalue weighted by atomic mass is 10.0. The van der Waals surface area contributed by atoms with E-state index >= 15 is 0 Å². The van der Waals surface area contributed by atoms with Crippen LogP contribution in [0.5, 0.6) is 0 Å². The number of carbonyl (C=O) groups excluding carboxylic acids is 2. The summed E-state index contributed by atoms with van der Waals surface area (Å²) in [4.78, 5) is 32.2. The third-order valence-corrected chi connectivity index (χ3v) is 9.96. The summed E-state index contributed by atoms with van der Waals surface area (Å²) in [5.41, 5.74) is 11.4. The predicted octanol–water partition coefficient (Wildman–Crippen LogP) is 9.25. The minimum absolute atomic E-state index is 0.132. The molecule has 0 heterocycles. The summed E-state index contributed by atoms with van der Waals surface area (Å²) in [6.07, 6.45) is 34.2. The Bertz CT molecular complexity index is 673. The molecule has 8 heteroatoms. The minimum atomic E-state index is -0.150. The zero-order valence-electron chi connectivity index (χ0n) is 33.3. The van der Waals surface area contributed by atoms with Crippen molar-refractivity contribution in [3.05, 3.63) is 0 Å². The second-order valence-electron chi connectivity index (χ2n) is 14.7. The Morgan fingerprint density at radius 2 is 0.816 bits per heavy atom. The normalized spacial score (nSPS) is 11.5. The van der Waals surface area contributed by atoms with Crippen LogP contribution in [0, 0.1) is 0 Å². The zero-order chi connectivity index (χ0) is 36.0. The van der Waals surface area contributed by atoms with Crippen molar-refractivity contribution in [3.63, 3.8) is 0 Å². The molecule has 0 aliphatic rings. The van der Waals surface area contributed by atoms with Crippen molar-refractivity contribution in [1.29, 1.82) is 0 Å². The molecule has 0 fully saturated rings. The van der Waals surface area contributed by atoms with Gasteiger partial charge in [0.1, 0.15) is 0 Å². The van der Waals surface area contributed by atoms with Crippen molar-refractivity contribution in [2.75, 3.05) is 66.0 Å². The van der Waals surface area contributed by atoms with Crippen molar-refractivity contribution in [3.8, 4) is 0 Å². The van der Waals surface area contributed by atoms with Crippen LogP contribution in [0.3, 0.4) is 0 Å². The molecule has 49 heavy (non-hydrogen) atoms. The number of rotatable bonds is 38. The van der Waals surface area contributed by atoms with E-state index in [0.29, 0.717) is 13.1 Å². The lowest BCUT2D eigenvalue weighted by Crippen LogP contribution is -2.47. The van der Waals surface area contributed by atoms with Gasteiger partial charge in [-0.25, -0.2) is 4.79 Å². The number of hydrogen-bond acceptors (Lipinski definition) is 6. The van der Waals surface area contributed by atoms with Gasteiger partial charge >= 0.3 is 6.03 Å². The summed E-state index contributed by atoms with van der Waals surface area (Å²) >= 11 is 0. The SMILES string of the molecule is CCCCCCCCCCCCCCN(CCCCCCCCCCCCCC)C(=O)N(C)C(=O)CNCCCN(CCCN)CCCN. The van der Waals surface area contributed by atoms with Gasteiger partial charge < -0.3 is 26.6 Å². The van der Waals surface area contributed by atoms with Gasteiger partial charge in [0.25, 0.3) is 0 Å². The second kappa shape index (κ2) is 38.0. The lowest BCUT2D eigenvalue weighted by molar-refractivity contribution is -0.126. The first-order chi connectivity index (χ1) is 24.0. The van der Waals surface area contributed by atoms with Crippen LogP contribution in [-0.4, -0.2) is 92.6 Å². The van der Waals surface area contributed by atoms with E-state index in [4.69, 9.17) is 11.5 Å². The topological polar surface area (TPSA) is 108 Å². The monoisotopic (exact) mass is 695 g/mol. The van der Waals surface area contributed by atoms with Crippen LogP contribution >= 0.6 is 0 Å². The molecule has 0 radical (unpaired) electrons. The first-order valence-electron chi connectivity index (χ1n) is 21.4. The Morgan fingerprint density at radius 1 is 0.469 bits per heavy atom. The van der Waals surface area contributed by atoms with Crippen LogP contribution in [0.1, 0.15) is 187 Å². The summed E-state index contributed by atoms with van der Waals surface area (Å²) in [6.45, 7) is 11.3. The average Bonchev–Trinajstić information content (AvgIpc) is 3.11. The highest BCUT2D eigenvalue weighted by molar-refractivity contribution is 5.95. The van der Waals surface area contributed by atoms with E-state index in [9.17, 15) is 9.59 Å². The molecule has 0 rings (SSSR count). The smallest absolute Gasteiger partial charge is 0.326 e. The van der Waals surface area contributed by atoms with Gasteiger partial charge in [-0.3, -0.25) is 9.69 Å². The number of hydrogen-bond donors (Lipinski definition) is 3. The van der Waals surface area contributed by atoms with Gasteiger partial charge in [0.05, 0.1) is 6.54 Å². The highest BCUT2D eigenvalue weighted by Crippen LogP contribution is 2.15. The summed E-state index contributed by atoms with van der Waals surface area (Å²) in [5.74, 6) is -0.150. The number of amides is 3. The van der Waals surface area contributed by atoms with Gasteiger partial charge in [0.15, 0.2) is 0 Å². The van der Waals surface area contributed by atoms with E-state index < -0.39 is 0 Å². The molecule has 292 valence electrons. The molecule has 0 aromatic carbocycles. The molecule has 0 saturated heterocycles. The van der Waals surface area contributed by atoms with Gasteiger partial charge in [0.2, 0.25) is 5.91 Å². The molecule has 0 aliphatic carbocycles. The van der Waals surface area contributed by atoms with E-state index in [1.807, 2.05) is 4.90 Å². The number of urea groups is 1. The Labute approximate surface area is 305 Å². The van der Waals surface area contributed by atoms with Gasteiger partial charge in [-0.1, -0.05) is 155 Å². The van der Waals surface area contributed by atoms with Crippen LogP contribution in [0.2, 0.25) is 0 Å². The Kier molecular flexibility index (Phi) is 37.1. The fourth-order valence-electron chi connectivity index (χ4n) is 6.62. The third-order valence-electron chi connectivity index (χ3n) is 9.96. The van der Waals surface area contributed by atoms with E-state index in [0.717, 1.165) is 84.2 Å². The summed E-state index contributed by atoms with van der Waals surface area (Å²) < 4.78 is 0.